The Morgan fingerprint density at radius 2 is 1.69 bits per heavy atom. The third kappa shape index (κ3) is 5.05. The van der Waals surface area contributed by atoms with Crippen molar-refractivity contribution in [2.24, 2.45) is 0 Å². The highest BCUT2D eigenvalue weighted by molar-refractivity contribution is 6.79. The van der Waals surface area contributed by atoms with Crippen LogP contribution < -0.4 is 5.32 Å². The first kappa shape index (κ1) is 24.4. The molecule has 0 spiro atoms. The van der Waals surface area contributed by atoms with Crippen LogP contribution in [0.1, 0.15) is 58.7 Å². The van der Waals surface area contributed by atoms with Crippen molar-refractivity contribution in [2.45, 2.75) is 71.3 Å². The minimum absolute atomic E-state index is 0.149. The van der Waals surface area contributed by atoms with Gasteiger partial charge in [-0.15, -0.1) is 0 Å². The van der Waals surface area contributed by atoms with E-state index in [0.29, 0.717) is 5.02 Å². The number of hydrogen-bond acceptors (Lipinski definition) is 2. The molecule has 6 heteroatoms. The van der Waals surface area contributed by atoms with E-state index in [1.54, 1.807) is 0 Å². The summed E-state index contributed by atoms with van der Waals surface area (Å²) in [5.41, 5.74) is 2.56. The number of nitrogens with zero attached hydrogens (tertiary/aromatic N) is 1. The summed E-state index contributed by atoms with van der Waals surface area (Å²) in [6, 6.07) is 15.7. The van der Waals surface area contributed by atoms with Gasteiger partial charge in [-0.05, 0) is 49.6 Å². The molecular weight excluding hydrogens is 436 g/mol. The van der Waals surface area contributed by atoms with Crippen molar-refractivity contribution in [1.82, 2.24) is 9.55 Å². The van der Waals surface area contributed by atoms with Crippen molar-refractivity contribution >= 4 is 36.8 Å². The second-order valence-corrected chi connectivity index (χ2v) is 16.5. The number of rotatable bonds is 4. The van der Waals surface area contributed by atoms with E-state index in [0.717, 1.165) is 16.5 Å². The van der Waals surface area contributed by atoms with Gasteiger partial charge in [0, 0.05) is 27.7 Å². The molecule has 1 atom stereocenters. The predicted molar refractivity (Wildman–Crippen MR) is 137 cm³/mol. The number of fused-ring (bicyclic) bond motifs is 1. The van der Waals surface area contributed by atoms with Gasteiger partial charge in [0.1, 0.15) is 5.60 Å². The number of para-hydroxylation sites is 1. The van der Waals surface area contributed by atoms with E-state index in [4.69, 9.17) is 16.3 Å². The molecule has 0 aliphatic carbocycles. The minimum Gasteiger partial charge on any atom is -0.444 e. The number of nitrogens with one attached hydrogen (secondary N) is 1. The molecule has 1 N–H and O–H groups in total. The number of alkyl carbamates (subject to hydrolysis) is 1. The van der Waals surface area contributed by atoms with Gasteiger partial charge in [-0.2, -0.15) is 0 Å². The molecule has 0 saturated carbocycles. The number of hydrogen-bond donors (Lipinski definition) is 1. The van der Waals surface area contributed by atoms with E-state index < -0.39 is 19.9 Å². The Morgan fingerprint density at radius 1 is 1.03 bits per heavy atom. The first-order chi connectivity index (χ1) is 14.7. The largest absolute Gasteiger partial charge is 0.444 e. The Balaban J connectivity index is 2.21. The lowest BCUT2D eigenvalue weighted by molar-refractivity contribution is 0.0512. The van der Waals surface area contributed by atoms with Crippen LogP contribution in [-0.2, 0) is 4.74 Å². The van der Waals surface area contributed by atoms with Crippen molar-refractivity contribution < 1.29 is 9.53 Å². The van der Waals surface area contributed by atoms with Crippen LogP contribution >= 0.6 is 11.6 Å². The van der Waals surface area contributed by atoms with E-state index in [9.17, 15) is 4.79 Å². The van der Waals surface area contributed by atoms with Gasteiger partial charge >= 0.3 is 6.09 Å². The maximum Gasteiger partial charge on any atom is 0.408 e. The van der Waals surface area contributed by atoms with Gasteiger partial charge in [0.05, 0.1) is 6.04 Å². The van der Waals surface area contributed by atoms with Gasteiger partial charge in [-0.3, -0.25) is 0 Å². The van der Waals surface area contributed by atoms with Gasteiger partial charge in [0.15, 0.2) is 8.24 Å². The Labute approximate surface area is 198 Å². The van der Waals surface area contributed by atoms with Gasteiger partial charge in [-0.25, -0.2) is 4.79 Å². The highest BCUT2D eigenvalue weighted by Crippen LogP contribution is 2.41. The van der Waals surface area contributed by atoms with Crippen LogP contribution in [-0.4, -0.2) is 24.2 Å². The molecular formula is C26H35ClN2O2Si. The van der Waals surface area contributed by atoms with Crippen LogP contribution in [0.2, 0.25) is 23.2 Å². The number of halogens is 1. The SMILES string of the molecule is CC(C)(C)OC(=O)NC(c1cccc(Cl)c1)c1cn([Si](C)(C)C(C)(C)C)c2ccccc12. The summed E-state index contributed by atoms with van der Waals surface area (Å²) in [6.45, 7) is 17.3. The lowest BCUT2D eigenvalue weighted by Gasteiger charge is -2.38. The third-order valence-electron chi connectivity index (χ3n) is 6.33. The monoisotopic (exact) mass is 470 g/mol. The molecule has 3 rings (SSSR count). The standard InChI is InChI=1S/C26H35ClN2O2Si/c1-25(2,3)31-24(30)28-23(18-12-11-13-19(27)16-18)21-17-29(32(7,8)26(4,5)6)22-15-10-9-14-20(21)22/h9-17,23H,1-8H3,(H,28,30). The van der Waals surface area contributed by atoms with Gasteiger partial charge < -0.3 is 14.3 Å². The summed E-state index contributed by atoms with van der Waals surface area (Å²) in [5.74, 6) is 0. The molecule has 32 heavy (non-hydrogen) atoms. The Kier molecular flexibility index (Phi) is 6.56. The quantitative estimate of drug-likeness (QED) is 0.396. The fourth-order valence-electron chi connectivity index (χ4n) is 3.71. The molecule has 1 heterocycles. The average Bonchev–Trinajstić information content (AvgIpc) is 3.04. The zero-order valence-electron chi connectivity index (χ0n) is 20.4. The number of ether oxygens (including phenoxy) is 1. The zero-order valence-corrected chi connectivity index (χ0v) is 22.2. The molecule has 1 amide bonds. The number of amides is 1. The molecule has 172 valence electrons. The van der Waals surface area contributed by atoms with Gasteiger partial charge in [-0.1, -0.05) is 75.8 Å². The second kappa shape index (κ2) is 8.60. The molecule has 4 nitrogen and oxygen atoms in total. The number of aromatic nitrogens is 1. The first-order valence-electron chi connectivity index (χ1n) is 11.1. The second-order valence-electron chi connectivity index (χ2n) is 10.9. The number of benzene rings is 2. The van der Waals surface area contributed by atoms with Crippen LogP contribution in [0.4, 0.5) is 4.79 Å². The molecule has 0 aliphatic rings. The van der Waals surface area contributed by atoms with Crippen molar-refractivity contribution in [1.29, 1.82) is 0 Å². The third-order valence-corrected chi connectivity index (χ3v) is 11.8. The molecule has 3 aromatic rings. The fraction of sp³-hybridized carbons (Fsp3) is 0.423. The number of carbonyl (C=O) groups excluding carboxylic acids is 1. The van der Waals surface area contributed by atoms with Crippen LogP contribution in [0.3, 0.4) is 0 Å². The van der Waals surface area contributed by atoms with E-state index >= 15 is 0 Å². The smallest absolute Gasteiger partial charge is 0.408 e. The highest BCUT2D eigenvalue weighted by Gasteiger charge is 2.39. The topological polar surface area (TPSA) is 43.3 Å². The van der Waals surface area contributed by atoms with Crippen molar-refractivity contribution in [3.8, 4) is 0 Å². The first-order valence-corrected chi connectivity index (χ1v) is 14.4. The Bertz CT molecular complexity index is 1120. The summed E-state index contributed by atoms with van der Waals surface area (Å²) in [4.78, 5) is 12.8. The van der Waals surface area contributed by atoms with E-state index in [1.807, 2.05) is 51.1 Å². The van der Waals surface area contributed by atoms with Crippen LogP contribution in [0.5, 0.6) is 0 Å². The zero-order chi connectivity index (χ0) is 23.9. The van der Waals surface area contributed by atoms with Crippen LogP contribution in [0.25, 0.3) is 10.9 Å². The molecule has 0 radical (unpaired) electrons. The highest BCUT2D eigenvalue weighted by atomic mass is 35.5. The lowest BCUT2D eigenvalue weighted by Crippen LogP contribution is -2.45. The molecule has 2 aromatic carbocycles. The minimum atomic E-state index is -1.91. The van der Waals surface area contributed by atoms with E-state index in [1.165, 1.54) is 5.52 Å². The number of carbonyl (C=O) groups is 1. The summed E-state index contributed by atoms with van der Waals surface area (Å²) in [7, 11) is -1.91. The molecule has 0 aliphatic heterocycles. The lowest BCUT2D eigenvalue weighted by atomic mass is 9.98. The Morgan fingerprint density at radius 3 is 2.28 bits per heavy atom. The molecule has 1 unspecified atom stereocenters. The molecule has 0 fully saturated rings. The van der Waals surface area contributed by atoms with Crippen molar-refractivity contribution in [3.05, 3.63) is 70.9 Å². The molecule has 1 aromatic heterocycles. The summed E-state index contributed by atoms with van der Waals surface area (Å²) >= 11 is 6.33. The van der Waals surface area contributed by atoms with E-state index in [2.05, 4.69) is 67.8 Å². The summed E-state index contributed by atoms with van der Waals surface area (Å²) in [6.07, 6.45) is 1.78. The van der Waals surface area contributed by atoms with Gasteiger partial charge in [0.25, 0.3) is 0 Å². The van der Waals surface area contributed by atoms with Crippen LogP contribution in [0.15, 0.2) is 54.7 Å². The normalized spacial score (nSPS) is 13.8. The van der Waals surface area contributed by atoms with Crippen LogP contribution in [0, 0.1) is 0 Å². The molecule has 0 saturated heterocycles. The predicted octanol–water partition coefficient (Wildman–Crippen LogP) is 7.76. The maximum absolute atomic E-state index is 12.8. The van der Waals surface area contributed by atoms with Crippen molar-refractivity contribution in [3.63, 3.8) is 0 Å². The van der Waals surface area contributed by atoms with Crippen molar-refractivity contribution in [2.75, 3.05) is 0 Å². The fourth-order valence-corrected chi connectivity index (χ4v) is 5.89. The maximum atomic E-state index is 12.8. The summed E-state index contributed by atoms with van der Waals surface area (Å²) in [5, 5.41) is 5.01. The summed E-state index contributed by atoms with van der Waals surface area (Å²) < 4.78 is 8.06. The average molecular weight is 471 g/mol. The van der Waals surface area contributed by atoms with E-state index in [-0.39, 0.29) is 11.1 Å². The van der Waals surface area contributed by atoms with Gasteiger partial charge in [0.2, 0.25) is 0 Å². The Hall–Kier alpha value is -2.24. The molecule has 0 bridgehead atoms.